The highest BCUT2D eigenvalue weighted by Gasteiger charge is 2.28. The number of amides is 2. The zero-order valence-electron chi connectivity index (χ0n) is 20.0. The largest absolute Gasteiger partial charge is 0.465 e. The van der Waals surface area contributed by atoms with Gasteiger partial charge in [-0.05, 0) is 62.4 Å². The van der Waals surface area contributed by atoms with Crippen LogP contribution in [0.2, 0.25) is 0 Å². The smallest absolute Gasteiger partial charge is 0.326 e. The van der Waals surface area contributed by atoms with Gasteiger partial charge in [-0.1, -0.05) is 17.7 Å². The number of hydrogen-bond donors (Lipinski definition) is 3. The number of nitrogens with zero attached hydrogens (tertiary/aromatic N) is 1. The third kappa shape index (κ3) is 7.47. The van der Waals surface area contributed by atoms with Crippen LogP contribution in [0.3, 0.4) is 0 Å². The van der Waals surface area contributed by atoms with Gasteiger partial charge in [-0.2, -0.15) is 9.98 Å². The minimum absolute atomic E-state index is 0.0260. The van der Waals surface area contributed by atoms with Crippen LogP contribution in [0.25, 0.3) is 0 Å². The summed E-state index contributed by atoms with van der Waals surface area (Å²) >= 11 is 0.926. The van der Waals surface area contributed by atoms with Crippen molar-refractivity contribution in [3.8, 4) is 6.07 Å². The molecule has 0 aliphatic heterocycles. The number of esters is 1. The van der Waals surface area contributed by atoms with Crippen LogP contribution in [0.4, 0.5) is 5.69 Å². The molecule has 10 nitrogen and oxygen atoms in total. The van der Waals surface area contributed by atoms with Gasteiger partial charge in [-0.25, -0.2) is 8.42 Å². The number of carbonyl (C=O) groups excluding carboxylic acids is 3. The van der Waals surface area contributed by atoms with Crippen molar-refractivity contribution in [3.63, 3.8) is 0 Å². The SMILES string of the molecule is CCOC(=O)[C@H](CNC(=O)c1ccc(C(=O)Nc2ccc(C#N)cc2)s1)NS(=O)(=O)c1ccc(C)cc1. The second-order valence-corrected chi connectivity index (χ2v) is 10.6. The highest BCUT2D eigenvalue weighted by Crippen LogP contribution is 2.19. The maximum absolute atomic E-state index is 12.8. The molecule has 0 saturated carbocycles. The Balaban J connectivity index is 1.65. The molecule has 0 aliphatic rings. The first-order valence-electron chi connectivity index (χ1n) is 11.1. The number of rotatable bonds is 10. The number of benzene rings is 2. The van der Waals surface area contributed by atoms with E-state index in [2.05, 4.69) is 15.4 Å². The minimum Gasteiger partial charge on any atom is -0.465 e. The third-order valence-corrected chi connectivity index (χ3v) is 7.56. The van der Waals surface area contributed by atoms with E-state index >= 15 is 0 Å². The summed E-state index contributed by atoms with van der Waals surface area (Å²) in [4.78, 5) is 38.0. The minimum atomic E-state index is -4.06. The molecule has 0 saturated heterocycles. The number of aryl methyl sites for hydroxylation is 1. The summed E-state index contributed by atoms with van der Waals surface area (Å²) in [6.45, 7) is 3.05. The molecule has 1 heterocycles. The van der Waals surface area contributed by atoms with E-state index in [1.165, 1.54) is 24.3 Å². The van der Waals surface area contributed by atoms with Gasteiger partial charge < -0.3 is 15.4 Å². The Morgan fingerprint density at radius 1 is 0.973 bits per heavy atom. The molecular formula is C25H24N4O6S2. The molecule has 2 aromatic carbocycles. The predicted molar refractivity (Wildman–Crippen MR) is 138 cm³/mol. The Bertz CT molecular complexity index is 1430. The standard InChI is InChI=1S/C25H24N4O6S2/c1-3-35-25(32)20(29-37(33,34)19-10-4-16(2)5-11-19)15-27-23(30)21-12-13-22(36-21)24(31)28-18-8-6-17(14-26)7-9-18/h4-13,20,29H,3,15H2,1-2H3,(H,27,30)(H,28,31)/t20-/m0/s1. The number of carbonyl (C=O) groups is 3. The summed E-state index contributed by atoms with van der Waals surface area (Å²) in [6.07, 6.45) is 0. The van der Waals surface area contributed by atoms with E-state index in [0.29, 0.717) is 11.3 Å². The van der Waals surface area contributed by atoms with Crippen LogP contribution in [0, 0.1) is 18.3 Å². The van der Waals surface area contributed by atoms with E-state index in [-0.39, 0.29) is 27.8 Å². The molecule has 3 rings (SSSR count). The van der Waals surface area contributed by atoms with Gasteiger partial charge in [-0.3, -0.25) is 14.4 Å². The Kier molecular flexibility index (Phi) is 9.13. The normalized spacial score (nSPS) is 11.7. The van der Waals surface area contributed by atoms with Gasteiger partial charge in [0.2, 0.25) is 10.0 Å². The van der Waals surface area contributed by atoms with Gasteiger partial charge in [0, 0.05) is 12.2 Å². The molecule has 37 heavy (non-hydrogen) atoms. The summed E-state index contributed by atoms with van der Waals surface area (Å²) in [5, 5.41) is 14.1. The molecule has 1 atom stereocenters. The summed E-state index contributed by atoms with van der Waals surface area (Å²) in [7, 11) is -4.06. The molecule has 0 fully saturated rings. The summed E-state index contributed by atoms with van der Waals surface area (Å²) in [6, 6.07) is 15.9. The summed E-state index contributed by atoms with van der Waals surface area (Å²) < 4.78 is 32.7. The van der Waals surface area contributed by atoms with Crippen LogP contribution in [-0.4, -0.2) is 45.4 Å². The van der Waals surface area contributed by atoms with Gasteiger partial charge in [0.1, 0.15) is 6.04 Å². The quantitative estimate of drug-likeness (QED) is 0.334. The van der Waals surface area contributed by atoms with E-state index in [0.717, 1.165) is 16.9 Å². The van der Waals surface area contributed by atoms with Crippen molar-refractivity contribution in [2.24, 2.45) is 0 Å². The van der Waals surface area contributed by atoms with Crippen LogP contribution < -0.4 is 15.4 Å². The lowest BCUT2D eigenvalue weighted by Crippen LogP contribution is -2.49. The molecule has 1 aromatic heterocycles. The van der Waals surface area contributed by atoms with Crippen molar-refractivity contribution in [2.75, 3.05) is 18.5 Å². The first-order chi connectivity index (χ1) is 17.6. The first kappa shape index (κ1) is 27.5. The van der Waals surface area contributed by atoms with Crippen molar-refractivity contribution >= 4 is 44.8 Å². The predicted octanol–water partition coefficient (Wildman–Crippen LogP) is 2.82. The Hall–Kier alpha value is -4.05. The first-order valence-corrected chi connectivity index (χ1v) is 13.4. The average Bonchev–Trinajstić information content (AvgIpc) is 3.38. The Morgan fingerprint density at radius 2 is 1.59 bits per heavy atom. The highest BCUT2D eigenvalue weighted by molar-refractivity contribution is 7.89. The molecule has 3 N–H and O–H groups in total. The fourth-order valence-electron chi connectivity index (χ4n) is 3.07. The number of hydrogen-bond acceptors (Lipinski definition) is 8. The molecule has 0 bridgehead atoms. The molecule has 0 spiro atoms. The number of sulfonamides is 1. The van der Waals surface area contributed by atoms with E-state index in [1.807, 2.05) is 13.0 Å². The van der Waals surface area contributed by atoms with Gasteiger partial charge in [0.25, 0.3) is 11.8 Å². The average molecular weight is 541 g/mol. The number of nitriles is 1. The van der Waals surface area contributed by atoms with Crippen LogP contribution in [0.5, 0.6) is 0 Å². The molecule has 192 valence electrons. The fourth-order valence-corrected chi connectivity index (χ4v) is 5.08. The lowest BCUT2D eigenvalue weighted by molar-refractivity contribution is -0.144. The molecule has 2 amide bonds. The van der Waals surface area contributed by atoms with E-state index in [9.17, 15) is 22.8 Å². The zero-order valence-corrected chi connectivity index (χ0v) is 21.6. The molecule has 0 aliphatic carbocycles. The fraction of sp³-hybridized carbons (Fsp3) is 0.200. The Labute approximate surface area is 218 Å². The van der Waals surface area contributed by atoms with Crippen molar-refractivity contribution in [3.05, 3.63) is 81.5 Å². The Morgan fingerprint density at radius 3 is 2.19 bits per heavy atom. The van der Waals surface area contributed by atoms with Gasteiger partial charge in [0.05, 0.1) is 32.9 Å². The van der Waals surface area contributed by atoms with Crippen LogP contribution in [0.1, 0.15) is 37.4 Å². The third-order valence-electron chi connectivity index (χ3n) is 4.99. The number of thiophene rings is 1. The van der Waals surface area contributed by atoms with Crippen molar-refractivity contribution in [1.82, 2.24) is 10.0 Å². The lowest BCUT2D eigenvalue weighted by Gasteiger charge is -2.18. The van der Waals surface area contributed by atoms with Gasteiger partial charge in [0.15, 0.2) is 0 Å². The zero-order chi connectivity index (χ0) is 27.0. The molecule has 12 heteroatoms. The molecular weight excluding hydrogens is 516 g/mol. The number of ether oxygens (including phenoxy) is 1. The maximum Gasteiger partial charge on any atom is 0.326 e. The van der Waals surface area contributed by atoms with Crippen molar-refractivity contribution < 1.29 is 27.5 Å². The van der Waals surface area contributed by atoms with Crippen LogP contribution in [-0.2, 0) is 19.6 Å². The van der Waals surface area contributed by atoms with E-state index in [1.54, 1.807) is 43.3 Å². The van der Waals surface area contributed by atoms with E-state index in [4.69, 9.17) is 10.00 Å². The van der Waals surface area contributed by atoms with Crippen molar-refractivity contribution in [2.45, 2.75) is 24.8 Å². The maximum atomic E-state index is 12.8. The highest BCUT2D eigenvalue weighted by atomic mass is 32.2. The van der Waals surface area contributed by atoms with E-state index < -0.39 is 33.8 Å². The molecule has 3 aromatic rings. The van der Waals surface area contributed by atoms with Crippen LogP contribution in [0.15, 0.2) is 65.6 Å². The number of nitrogens with one attached hydrogen (secondary N) is 3. The second kappa shape index (κ2) is 12.3. The lowest BCUT2D eigenvalue weighted by atomic mass is 10.2. The number of anilines is 1. The van der Waals surface area contributed by atoms with Gasteiger partial charge >= 0.3 is 5.97 Å². The monoisotopic (exact) mass is 540 g/mol. The van der Waals surface area contributed by atoms with Crippen LogP contribution >= 0.6 is 11.3 Å². The second-order valence-electron chi connectivity index (χ2n) is 7.76. The van der Waals surface area contributed by atoms with Crippen molar-refractivity contribution in [1.29, 1.82) is 5.26 Å². The topological polar surface area (TPSA) is 154 Å². The summed E-state index contributed by atoms with van der Waals surface area (Å²) in [5.41, 5.74) is 1.81. The molecule has 0 radical (unpaired) electrons. The molecule has 0 unspecified atom stereocenters. The summed E-state index contributed by atoms with van der Waals surface area (Å²) in [5.74, 6) is -1.87. The van der Waals surface area contributed by atoms with Gasteiger partial charge in [-0.15, -0.1) is 11.3 Å².